The molecular formula is C29H29BN8O4. The molecule has 5 aromatic rings. The molecule has 1 aliphatic rings. The third-order valence-electron chi connectivity index (χ3n) is 6.73. The fourth-order valence-corrected chi connectivity index (χ4v) is 4.71. The maximum atomic E-state index is 10.2. The molecule has 1 aromatic carbocycles. The molecule has 0 spiro atoms. The Labute approximate surface area is 242 Å². The number of aromatic nitrogens is 6. The second kappa shape index (κ2) is 11.6. The van der Waals surface area contributed by atoms with Crippen molar-refractivity contribution in [3.63, 3.8) is 0 Å². The molecule has 13 heteroatoms. The van der Waals surface area contributed by atoms with Crippen molar-refractivity contribution in [2.45, 2.75) is 32.4 Å². The van der Waals surface area contributed by atoms with Crippen LogP contribution in [0.5, 0.6) is 0 Å². The number of hydrogen-bond acceptors (Lipinski definition) is 12. The molecule has 12 nitrogen and oxygen atoms in total. The van der Waals surface area contributed by atoms with E-state index in [1.54, 1.807) is 18.5 Å². The summed E-state index contributed by atoms with van der Waals surface area (Å²) in [5.41, 5.74) is 2.92. The second-order valence-electron chi connectivity index (χ2n) is 10.0. The zero-order valence-electron chi connectivity index (χ0n) is 23.4. The molecule has 1 atom stereocenters. The zero-order valence-corrected chi connectivity index (χ0v) is 23.4. The topological polar surface area (TPSA) is 153 Å². The lowest BCUT2D eigenvalue weighted by Crippen LogP contribution is -2.32. The van der Waals surface area contributed by atoms with Gasteiger partial charge >= 0.3 is 7.12 Å². The Hall–Kier alpha value is -4.72. The van der Waals surface area contributed by atoms with Crippen molar-refractivity contribution in [1.82, 2.24) is 30.1 Å². The van der Waals surface area contributed by atoms with E-state index < -0.39 is 18.8 Å². The van der Waals surface area contributed by atoms with Crippen LogP contribution >= 0.6 is 0 Å². The van der Waals surface area contributed by atoms with E-state index in [9.17, 15) is 5.11 Å². The third kappa shape index (κ3) is 5.57. The van der Waals surface area contributed by atoms with Gasteiger partial charge in [-0.25, -0.2) is 9.97 Å². The minimum absolute atomic E-state index is 0.179. The Balaban J connectivity index is 1.34. The van der Waals surface area contributed by atoms with E-state index in [-0.39, 0.29) is 24.3 Å². The van der Waals surface area contributed by atoms with Gasteiger partial charge in [-0.1, -0.05) is 42.5 Å². The first-order chi connectivity index (χ1) is 20.4. The summed E-state index contributed by atoms with van der Waals surface area (Å²) in [5, 5.41) is 25.1. The molecule has 3 N–H and O–H groups in total. The smallest absolute Gasteiger partial charge is 0.414 e. The molecule has 4 aromatic heterocycles. The third-order valence-corrected chi connectivity index (χ3v) is 6.73. The summed E-state index contributed by atoms with van der Waals surface area (Å²) in [6.07, 6.45) is 3.23. The Morgan fingerprint density at radius 1 is 0.976 bits per heavy atom. The average molecular weight is 564 g/mol. The lowest BCUT2D eigenvalue weighted by molar-refractivity contribution is 0.0834. The summed E-state index contributed by atoms with van der Waals surface area (Å²) in [4.78, 5) is 18.3. The number of aliphatic hydroxyl groups excluding tert-OH is 1. The SMILES string of the molecule is CCOB1OC(C)(C)c2nc(Nc3ncc(-c4nnc(-c5ccccn5)o4)c(N[C@H](CO)c4ccccc4)n3)ccc21. The fourth-order valence-electron chi connectivity index (χ4n) is 4.71. The molecule has 1 aliphatic heterocycles. The average Bonchev–Trinajstić information content (AvgIpc) is 3.60. The summed E-state index contributed by atoms with van der Waals surface area (Å²) >= 11 is 0. The minimum atomic E-state index is -0.627. The van der Waals surface area contributed by atoms with Crippen LogP contribution in [0, 0.1) is 0 Å². The largest absolute Gasteiger partial charge is 0.496 e. The van der Waals surface area contributed by atoms with Gasteiger partial charge in [-0.3, -0.25) is 4.98 Å². The maximum absolute atomic E-state index is 10.2. The van der Waals surface area contributed by atoms with E-state index in [2.05, 4.69) is 30.8 Å². The summed E-state index contributed by atoms with van der Waals surface area (Å²) in [6.45, 7) is 6.19. The summed E-state index contributed by atoms with van der Waals surface area (Å²) in [6, 6.07) is 18.3. The number of fused-ring (bicyclic) bond motifs is 1. The van der Waals surface area contributed by atoms with E-state index in [1.807, 2.05) is 75.4 Å². The molecule has 0 saturated heterocycles. The van der Waals surface area contributed by atoms with Gasteiger partial charge in [0.25, 0.3) is 11.8 Å². The number of benzene rings is 1. The summed E-state index contributed by atoms with van der Waals surface area (Å²) in [5.74, 6) is 1.66. The molecule has 0 amide bonds. The van der Waals surface area contributed by atoms with E-state index >= 15 is 0 Å². The minimum Gasteiger partial charge on any atom is -0.414 e. The van der Waals surface area contributed by atoms with Crippen LogP contribution in [0.4, 0.5) is 17.6 Å². The summed E-state index contributed by atoms with van der Waals surface area (Å²) < 4.78 is 17.8. The van der Waals surface area contributed by atoms with Gasteiger partial charge in [-0.05, 0) is 44.5 Å². The number of rotatable bonds is 10. The number of pyridine rings is 2. The predicted molar refractivity (Wildman–Crippen MR) is 157 cm³/mol. The number of hydrogen-bond donors (Lipinski definition) is 3. The standard InChI is InChI=1S/C29H29BN8O4/c1-4-40-30-20-13-14-23(34-24(20)29(2,3)42-30)35-28-32-16-19(26-37-38-27(41-26)21-12-8-9-15-31-21)25(36-28)33-22(17-39)18-10-6-5-7-11-18/h5-16,22,39H,4,17H2,1-3H3,(H2,32,33,34,35,36)/t22-/m1/s1. The van der Waals surface area contributed by atoms with Crippen LogP contribution in [0.25, 0.3) is 23.0 Å². The summed E-state index contributed by atoms with van der Waals surface area (Å²) in [7, 11) is -0.466. The van der Waals surface area contributed by atoms with Crippen LogP contribution < -0.4 is 16.1 Å². The highest BCUT2D eigenvalue weighted by Gasteiger charge is 2.44. The van der Waals surface area contributed by atoms with Gasteiger partial charge in [-0.15, -0.1) is 10.2 Å². The number of anilines is 3. The van der Waals surface area contributed by atoms with Crippen molar-refractivity contribution in [3.8, 4) is 23.0 Å². The van der Waals surface area contributed by atoms with Crippen LogP contribution in [-0.2, 0) is 14.9 Å². The lowest BCUT2D eigenvalue weighted by atomic mass is 9.80. The molecule has 0 bridgehead atoms. The molecule has 0 fully saturated rings. The van der Waals surface area contributed by atoms with Gasteiger partial charge < -0.3 is 29.5 Å². The molecule has 0 unspecified atom stereocenters. The molecular weight excluding hydrogens is 535 g/mol. The molecule has 0 saturated carbocycles. The Morgan fingerprint density at radius 2 is 1.79 bits per heavy atom. The molecule has 212 valence electrons. The molecule has 5 heterocycles. The van der Waals surface area contributed by atoms with Crippen LogP contribution in [0.2, 0.25) is 0 Å². The Bertz CT molecular complexity index is 1670. The normalized spacial score (nSPS) is 14.4. The molecule has 6 rings (SSSR count). The van der Waals surface area contributed by atoms with E-state index in [4.69, 9.17) is 23.7 Å². The van der Waals surface area contributed by atoms with Crippen molar-refractivity contribution < 1.29 is 18.8 Å². The highest BCUT2D eigenvalue weighted by molar-refractivity contribution is 6.63. The van der Waals surface area contributed by atoms with Crippen molar-refractivity contribution in [2.75, 3.05) is 23.8 Å². The highest BCUT2D eigenvalue weighted by Crippen LogP contribution is 2.33. The highest BCUT2D eigenvalue weighted by atomic mass is 16.6. The number of aliphatic hydroxyl groups is 1. The predicted octanol–water partition coefficient (Wildman–Crippen LogP) is 3.87. The number of nitrogens with one attached hydrogen (secondary N) is 2. The van der Waals surface area contributed by atoms with Gasteiger partial charge in [0.15, 0.2) is 0 Å². The first kappa shape index (κ1) is 27.5. The first-order valence-electron chi connectivity index (χ1n) is 13.6. The lowest BCUT2D eigenvalue weighted by Gasteiger charge is -2.20. The van der Waals surface area contributed by atoms with Gasteiger partial charge in [0.1, 0.15) is 17.3 Å². The Morgan fingerprint density at radius 3 is 2.55 bits per heavy atom. The maximum Gasteiger partial charge on any atom is 0.496 e. The van der Waals surface area contributed by atoms with Crippen molar-refractivity contribution in [2.24, 2.45) is 0 Å². The van der Waals surface area contributed by atoms with Crippen LogP contribution in [0.1, 0.15) is 38.1 Å². The second-order valence-corrected chi connectivity index (χ2v) is 10.0. The molecule has 42 heavy (non-hydrogen) atoms. The van der Waals surface area contributed by atoms with E-state index in [0.29, 0.717) is 29.5 Å². The van der Waals surface area contributed by atoms with Gasteiger partial charge in [0.2, 0.25) is 5.95 Å². The molecule has 0 aliphatic carbocycles. The van der Waals surface area contributed by atoms with Crippen molar-refractivity contribution in [3.05, 3.63) is 84.3 Å². The van der Waals surface area contributed by atoms with E-state index in [0.717, 1.165) is 16.7 Å². The molecule has 0 radical (unpaired) electrons. The van der Waals surface area contributed by atoms with Crippen LogP contribution in [0.3, 0.4) is 0 Å². The van der Waals surface area contributed by atoms with Crippen molar-refractivity contribution in [1.29, 1.82) is 0 Å². The van der Waals surface area contributed by atoms with Gasteiger partial charge in [0, 0.05) is 24.5 Å². The number of nitrogens with zero attached hydrogens (tertiary/aromatic N) is 6. The quantitative estimate of drug-likeness (QED) is 0.211. The zero-order chi connectivity index (χ0) is 29.1. The Kier molecular flexibility index (Phi) is 7.61. The first-order valence-corrected chi connectivity index (χ1v) is 13.6. The van der Waals surface area contributed by atoms with Crippen molar-refractivity contribution >= 4 is 30.2 Å². The van der Waals surface area contributed by atoms with Gasteiger partial charge in [0.05, 0.1) is 29.5 Å². The fraction of sp³-hybridized carbons (Fsp3) is 0.241. The van der Waals surface area contributed by atoms with E-state index in [1.165, 1.54) is 0 Å². The van der Waals surface area contributed by atoms with Crippen LogP contribution in [-0.4, -0.2) is 55.6 Å². The van der Waals surface area contributed by atoms with Crippen LogP contribution in [0.15, 0.2) is 77.5 Å². The van der Waals surface area contributed by atoms with Gasteiger partial charge in [-0.2, -0.15) is 4.98 Å². The monoisotopic (exact) mass is 564 g/mol.